The summed E-state index contributed by atoms with van der Waals surface area (Å²) in [7, 11) is -0.895. The van der Waals surface area contributed by atoms with E-state index in [1.54, 1.807) is 0 Å². The molecule has 0 aliphatic heterocycles. The van der Waals surface area contributed by atoms with Gasteiger partial charge in [0.05, 0.1) is 5.75 Å². The summed E-state index contributed by atoms with van der Waals surface area (Å²) in [5.74, 6) is 0.927. The molecule has 1 aliphatic carbocycles. The molecule has 0 heterocycles. The highest BCUT2D eigenvalue weighted by Crippen LogP contribution is 2.26. The quantitative estimate of drug-likeness (QED) is 0.629. The Hall–Kier alpha value is -0.180. The third kappa shape index (κ3) is 2.70. The van der Waals surface area contributed by atoms with Crippen molar-refractivity contribution in [2.45, 2.75) is 37.9 Å². The standard InChI is InChI=1S/C9H16O2S/c1-8-3-2-4-9(7-8)12(11)6-5-10/h5,8-9H,2-4,6-7H2,1H3. The van der Waals surface area contributed by atoms with Crippen molar-refractivity contribution in [2.24, 2.45) is 5.92 Å². The Labute approximate surface area is 76.2 Å². The lowest BCUT2D eigenvalue weighted by molar-refractivity contribution is -0.105. The topological polar surface area (TPSA) is 34.1 Å². The van der Waals surface area contributed by atoms with Gasteiger partial charge in [-0.15, -0.1) is 0 Å². The second kappa shape index (κ2) is 4.75. The summed E-state index contributed by atoms with van der Waals surface area (Å²) in [6.07, 6.45) is 5.30. The van der Waals surface area contributed by atoms with Gasteiger partial charge in [0.2, 0.25) is 0 Å². The van der Waals surface area contributed by atoms with E-state index in [1.807, 2.05) is 0 Å². The largest absolute Gasteiger partial charge is 0.302 e. The molecule has 70 valence electrons. The minimum absolute atomic E-state index is 0.234. The van der Waals surface area contributed by atoms with E-state index in [4.69, 9.17) is 0 Å². The molecule has 0 aromatic carbocycles. The third-order valence-electron chi connectivity index (χ3n) is 2.49. The molecule has 12 heavy (non-hydrogen) atoms. The summed E-state index contributed by atoms with van der Waals surface area (Å²) in [6.45, 7) is 2.20. The SMILES string of the molecule is CC1CCCC(S(=O)CC=O)C1. The molecule has 3 atom stereocenters. The van der Waals surface area contributed by atoms with Crippen LogP contribution in [0, 0.1) is 5.92 Å². The van der Waals surface area contributed by atoms with Gasteiger partial charge in [-0.05, 0) is 18.8 Å². The van der Waals surface area contributed by atoms with Crippen LogP contribution in [-0.2, 0) is 15.6 Å². The van der Waals surface area contributed by atoms with Gasteiger partial charge in [-0.25, -0.2) is 0 Å². The van der Waals surface area contributed by atoms with Crippen molar-refractivity contribution in [3.8, 4) is 0 Å². The minimum Gasteiger partial charge on any atom is -0.302 e. The Bertz CT molecular complexity index is 179. The van der Waals surface area contributed by atoms with Crippen molar-refractivity contribution in [1.29, 1.82) is 0 Å². The van der Waals surface area contributed by atoms with E-state index in [0.29, 0.717) is 11.2 Å². The first-order chi connectivity index (χ1) is 5.74. The number of hydrogen-bond donors (Lipinski definition) is 0. The van der Waals surface area contributed by atoms with Crippen molar-refractivity contribution in [2.75, 3.05) is 5.75 Å². The van der Waals surface area contributed by atoms with E-state index < -0.39 is 10.8 Å². The molecule has 2 nitrogen and oxygen atoms in total. The van der Waals surface area contributed by atoms with Gasteiger partial charge in [-0.3, -0.25) is 4.21 Å². The molecule has 3 unspecified atom stereocenters. The van der Waals surface area contributed by atoms with Crippen molar-refractivity contribution < 1.29 is 9.00 Å². The molecule has 0 aromatic heterocycles. The summed E-state index contributed by atoms with van der Waals surface area (Å²) in [5, 5.41) is 0.291. The normalized spacial score (nSPS) is 32.8. The molecular formula is C9H16O2S. The lowest BCUT2D eigenvalue weighted by Gasteiger charge is -2.25. The molecule has 0 radical (unpaired) electrons. The molecule has 1 fully saturated rings. The van der Waals surface area contributed by atoms with Crippen molar-refractivity contribution in [3.63, 3.8) is 0 Å². The smallest absolute Gasteiger partial charge is 0.132 e. The lowest BCUT2D eigenvalue weighted by atomic mass is 9.91. The molecule has 1 rings (SSSR count). The van der Waals surface area contributed by atoms with Crippen LogP contribution in [0.1, 0.15) is 32.6 Å². The minimum atomic E-state index is -0.895. The molecule has 0 amide bonds. The molecule has 1 aliphatic rings. The summed E-state index contributed by atoms with van der Waals surface area (Å²) < 4.78 is 11.4. The Kier molecular flexibility index (Phi) is 3.92. The fourth-order valence-electron chi connectivity index (χ4n) is 1.82. The first kappa shape index (κ1) is 9.90. The Morgan fingerprint density at radius 2 is 2.25 bits per heavy atom. The lowest BCUT2D eigenvalue weighted by Crippen LogP contribution is -2.24. The van der Waals surface area contributed by atoms with Crippen LogP contribution < -0.4 is 0 Å². The zero-order valence-electron chi connectivity index (χ0n) is 7.49. The molecule has 0 spiro atoms. The fourth-order valence-corrected chi connectivity index (χ4v) is 3.20. The summed E-state index contributed by atoms with van der Waals surface area (Å²) in [6, 6.07) is 0. The van der Waals surface area contributed by atoms with E-state index in [2.05, 4.69) is 6.92 Å². The average Bonchev–Trinajstić information content (AvgIpc) is 2.05. The van der Waals surface area contributed by atoms with Gasteiger partial charge in [-0.2, -0.15) is 0 Å². The zero-order valence-corrected chi connectivity index (χ0v) is 8.31. The van der Waals surface area contributed by atoms with Crippen LogP contribution in [0.4, 0.5) is 0 Å². The monoisotopic (exact) mass is 188 g/mol. The second-order valence-corrected chi connectivity index (χ2v) is 5.37. The number of hydrogen-bond acceptors (Lipinski definition) is 2. The summed E-state index contributed by atoms with van der Waals surface area (Å²) in [5.41, 5.74) is 0. The highest BCUT2D eigenvalue weighted by molar-refractivity contribution is 7.86. The maximum atomic E-state index is 11.4. The highest BCUT2D eigenvalue weighted by atomic mass is 32.2. The van der Waals surface area contributed by atoms with Crippen molar-refractivity contribution in [3.05, 3.63) is 0 Å². The number of carbonyl (C=O) groups is 1. The molecule has 0 saturated heterocycles. The van der Waals surface area contributed by atoms with Gasteiger partial charge in [-0.1, -0.05) is 19.8 Å². The molecule has 0 N–H and O–H groups in total. The fraction of sp³-hybridized carbons (Fsp3) is 0.889. The van der Waals surface area contributed by atoms with Gasteiger partial charge in [0.15, 0.2) is 0 Å². The van der Waals surface area contributed by atoms with Crippen LogP contribution in [0.3, 0.4) is 0 Å². The van der Waals surface area contributed by atoms with E-state index >= 15 is 0 Å². The third-order valence-corrected chi connectivity index (χ3v) is 4.13. The Balaban J connectivity index is 2.39. The number of rotatable bonds is 3. The average molecular weight is 188 g/mol. The van der Waals surface area contributed by atoms with E-state index in [0.717, 1.165) is 19.1 Å². The summed E-state index contributed by atoms with van der Waals surface area (Å²) >= 11 is 0. The van der Waals surface area contributed by atoms with Gasteiger partial charge >= 0.3 is 0 Å². The molecule has 3 heteroatoms. The predicted octanol–water partition coefficient (Wildman–Crippen LogP) is 1.51. The van der Waals surface area contributed by atoms with Crippen LogP contribution in [0.2, 0.25) is 0 Å². The molecule has 0 bridgehead atoms. The highest BCUT2D eigenvalue weighted by Gasteiger charge is 2.23. The maximum Gasteiger partial charge on any atom is 0.132 e. The van der Waals surface area contributed by atoms with Crippen LogP contribution in [0.25, 0.3) is 0 Å². The first-order valence-corrected chi connectivity index (χ1v) is 5.93. The van der Waals surface area contributed by atoms with E-state index in [1.165, 1.54) is 12.8 Å². The molecular weight excluding hydrogens is 172 g/mol. The van der Waals surface area contributed by atoms with Crippen LogP contribution in [0.15, 0.2) is 0 Å². The van der Waals surface area contributed by atoms with Crippen LogP contribution >= 0.6 is 0 Å². The zero-order chi connectivity index (χ0) is 8.97. The number of carbonyl (C=O) groups excluding carboxylic acids is 1. The molecule has 1 saturated carbocycles. The number of aldehydes is 1. The van der Waals surface area contributed by atoms with Gasteiger partial charge in [0.1, 0.15) is 6.29 Å². The Morgan fingerprint density at radius 3 is 2.83 bits per heavy atom. The second-order valence-electron chi connectivity index (χ2n) is 3.61. The van der Waals surface area contributed by atoms with Crippen LogP contribution in [-0.4, -0.2) is 21.5 Å². The van der Waals surface area contributed by atoms with Crippen LogP contribution in [0.5, 0.6) is 0 Å². The predicted molar refractivity (Wildman–Crippen MR) is 50.5 cm³/mol. The maximum absolute atomic E-state index is 11.4. The van der Waals surface area contributed by atoms with Gasteiger partial charge in [0, 0.05) is 16.0 Å². The van der Waals surface area contributed by atoms with E-state index in [-0.39, 0.29) is 5.75 Å². The van der Waals surface area contributed by atoms with E-state index in [9.17, 15) is 9.00 Å². The van der Waals surface area contributed by atoms with Gasteiger partial charge in [0.25, 0.3) is 0 Å². The van der Waals surface area contributed by atoms with Crippen molar-refractivity contribution >= 4 is 17.1 Å². The summed E-state index contributed by atoms with van der Waals surface area (Å²) in [4.78, 5) is 10.1. The van der Waals surface area contributed by atoms with Crippen molar-refractivity contribution in [1.82, 2.24) is 0 Å². The Morgan fingerprint density at radius 1 is 1.50 bits per heavy atom. The molecule has 0 aromatic rings. The first-order valence-electron chi connectivity index (χ1n) is 4.55. The van der Waals surface area contributed by atoms with Gasteiger partial charge < -0.3 is 4.79 Å².